The molecule has 0 saturated heterocycles. The zero-order chi connectivity index (χ0) is 19.4. The van der Waals surface area contributed by atoms with Crippen molar-refractivity contribution in [3.05, 3.63) is 45.8 Å². The number of nitrogens with zero attached hydrogens (tertiary/aromatic N) is 2. The fraction of sp³-hybridized carbons (Fsp3) is 0.316. The van der Waals surface area contributed by atoms with Gasteiger partial charge in [0.05, 0.1) is 25.8 Å². The van der Waals surface area contributed by atoms with Gasteiger partial charge in [-0.25, -0.2) is 4.79 Å². The Bertz CT molecular complexity index is 916. The number of fused-ring (bicyclic) bond motifs is 1. The average Bonchev–Trinajstić information content (AvgIpc) is 3.04. The highest BCUT2D eigenvalue weighted by Gasteiger charge is 2.28. The molecule has 8 heteroatoms. The van der Waals surface area contributed by atoms with Gasteiger partial charge in [-0.3, -0.25) is 4.79 Å². The standard InChI is InChI=1S/C19H19N3O4S/c1-3-26-19(24)22-8-7-14-15(10-20)18(27-16(14)11-22)21-17(23)12-5-4-6-13(9-12)25-2/h4-6,9H,3,7-8,11H2,1-2H3,(H,21,23). The smallest absolute Gasteiger partial charge is 0.410 e. The van der Waals surface area contributed by atoms with Crippen LogP contribution in [0.15, 0.2) is 24.3 Å². The fourth-order valence-corrected chi connectivity index (χ4v) is 4.13. The van der Waals surface area contributed by atoms with E-state index >= 15 is 0 Å². The number of nitrogens with one attached hydrogen (secondary N) is 1. The quantitative estimate of drug-likeness (QED) is 0.871. The van der Waals surface area contributed by atoms with Gasteiger partial charge in [0.2, 0.25) is 0 Å². The van der Waals surface area contributed by atoms with E-state index < -0.39 is 0 Å². The third-order valence-corrected chi connectivity index (χ3v) is 5.39. The molecule has 0 radical (unpaired) electrons. The Kier molecular flexibility index (Phi) is 5.62. The Hall–Kier alpha value is -3.05. The third-order valence-electron chi connectivity index (χ3n) is 4.25. The maximum atomic E-state index is 12.6. The first-order valence-electron chi connectivity index (χ1n) is 8.49. The zero-order valence-electron chi connectivity index (χ0n) is 15.1. The van der Waals surface area contributed by atoms with Gasteiger partial charge < -0.3 is 19.7 Å². The van der Waals surface area contributed by atoms with Gasteiger partial charge in [-0.05, 0) is 37.1 Å². The predicted octanol–water partition coefficient (Wildman–Crippen LogP) is 3.40. The molecule has 1 aliphatic rings. The molecule has 2 amide bonds. The summed E-state index contributed by atoms with van der Waals surface area (Å²) in [5.41, 5.74) is 1.80. The summed E-state index contributed by atoms with van der Waals surface area (Å²) in [6.45, 7) is 2.94. The van der Waals surface area contributed by atoms with Crippen LogP contribution in [0.2, 0.25) is 0 Å². The molecule has 1 aliphatic heterocycles. The molecule has 3 rings (SSSR count). The molecule has 0 unspecified atom stereocenters. The highest BCUT2D eigenvalue weighted by atomic mass is 32.1. The van der Waals surface area contributed by atoms with Crippen LogP contribution in [0.25, 0.3) is 0 Å². The molecule has 1 aromatic carbocycles. The number of amides is 2. The van der Waals surface area contributed by atoms with Crippen LogP contribution in [0.1, 0.15) is 33.3 Å². The number of thiophene rings is 1. The molecule has 0 atom stereocenters. The Balaban J connectivity index is 1.82. The Labute approximate surface area is 161 Å². The van der Waals surface area contributed by atoms with Gasteiger partial charge in [-0.2, -0.15) is 5.26 Å². The van der Waals surface area contributed by atoms with Gasteiger partial charge in [0.15, 0.2) is 0 Å². The lowest BCUT2D eigenvalue weighted by molar-refractivity contribution is 0.102. The number of ether oxygens (including phenoxy) is 2. The van der Waals surface area contributed by atoms with E-state index in [1.807, 2.05) is 0 Å². The Morgan fingerprint density at radius 1 is 1.41 bits per heavy atom. The summed E-state index contributed by atoms with van der Waals surface area (Å²) < 4.78 is 10.2. The second kappa shape index (κ2) is 8.10. The molecular formula is C19H19N3O4S. The van der Waals surface area contributed by atoms with Gasteiger partial charge >= 0.3 is 6.09 Å². The van der Waals surface area contributed by atoms with E-state index in [-0.39, 0.29) is 12.0 Å². The number of hydrogen-bond acceptors (Lipinski definition) is 6. The summed E-state index contributed by atoms with van der Waals surface area (Å²) in [6.07, 6.45) is 0.194. The fourth-order valence-electron chi connectivity index (χ4n) is 2.92. The minimum absolute atomic E-state index is 0.314. The molecule has 0 bridgehead atoms. The number of methoxy groups -OCH3 is 1. The van der Waals surface area contributed by atoms with E-state index in [0.717, 1.165) is 10.4 Å². The van der Waals surface area contributed by atoms with Crippen molar-refractivity contribution in [3.63, 3.8) is 0 Å². The molecule has 0 aliphatic carbocycles. The van der Waals surface area contributed by atoms with Crippen molar-refractivity contribution in [3.8, 4) is 11.8 Å². The summed E-state index contributed by atoms with van der Waals surface area (Å²) in [6, 6.07) is 8.99. The number of anilines is 1. The van der Waals surface area contributed by atoms with Crippen LogP contribution < -0.4 is 10.1 Å². The molecule has 140 valence electrons. The van der Waals surface area contributed by atoms with Gasteiger partial charge in [-0.15, -0.1) is 11.3 Å². The normalized spacial score (nSPS) is 12.7. The van der Waals surface area contributed by atoms with Gasteiger partial charge in [0.1, 0.15) is 16.8 Å². The molecule has 2 aromatic rings. The monoisotopic (exact) mass is 385 g/mol. The van der Waals surface area contributed by atoms with E-state index in [9.17, 15) is 14.9 Å². The van der Waals surface area contributed by atoms with Crippen LogP contribution in [0.4, 0.5) is 9.80 Å². The van der Waals surface area contributed by atoms with Crippen molar-refractivity contribution in [2.75, 3.05) is 25.6 Å². The minimum Gasteiger partial charge on any atom is -0.497 e. The lowest BCUT2D eigenvalue weighted by Gasteiger charge is -2.25. The molecule has 0 fully saturated rings. The number of carbonyl (C=O) groups excluding carboxylic acids is 2. The largest absolute Gasteiger partial charge is 0.497 e. The maximum Gasteiger partial charge on any atom is 0.410 e. The minimum atomic E-state index is -0.364. The van der Waals surface area contributed by atoms with Crippen LogP contribution in [0, 0.1) is 11.3 Å². The summed E-state index contributed by atoms with van der Waals surface area (Å²) in [7, 11) is 1.54. The number of benzene rings is 1. The summed E-state index contributed by atoms with van der Waals surface area (Å²) in [4.78, 5) is 27.0. The molecule has 0 spiro atoms. The predicted molar refractivity (Wildman–Crippen MR) is 101 cm³/mol. The lowest BCUT2D eigenvalue weighted by atomic mass is 10.0. The average molecular weight is 385 g/mol. The second-order valence-electron chi connectivity index (χ2n) is 5.88. The van der Waals surface area contributed by atoms with Gasteiger partial charge in [0.25, 0.3) is 5.91 Å². The van der Waals surface area contributed by atoms with Crippen molar-refractivity contribution in [1.82, 2.24) is 4.90 Å². The van der Waals surface area contributed by atoms with Crippen LogP contribution in [-0.2, 0) is 17.7 Å². The summed E-state index contributed by atoms with van der Waals surface area (Å²) in [5.74, 6) is 0.268. The van der Waals surface area contributed by atoms with Crippen molar-refractivity contribution < 1.29 is 19.1 Å². The van der Waals surface area contributed by atoms with E-state index in [0.29, 0.717) is 48.0 Å². The number of hydrogen-bond donors (Lipinski definition) is 1. The summed E-state index contributed by atoms with van der Waals surface area (Å²) >= 11 is 1.32. The second-order valence-corrected chi connectivity index (χ2v) is 6.98. The van der Waals surface area contributed by atoms with E-state index in [2.05, 4.69) is 11.4 Å². The molecule has 7 nitrogen and oxygen atoms in total. The number of rotatable bonds is 4. The molecule has 0 saturated carbocycles. The van der Waals surface area contributed by atoms with E-state index in [1.54, 1.807) is 36.1 Å². The van der Waals surface area contributed by atoms with Crippen LogP contribution in [0.5, 0.6) is 5.75 Å². The lowest BCUT2D eigenvalue weighted by Crippen LogP contribution is -2.35. The zero-order valence-corrected chi connectivity index (χ0v) is 15.9. The SMILES string of the molecule is CCOC(=O)N1CCc2c(sc(NC(=O)c3cccc(OC)c3)c2C#N)C1. The highest BCUT2D eigenvalue weighted by Crippen LogP contribution is 2.37. The molecule has 1 aromatic heterocycles. The molecular weight excluding hydrogens is 366 g/mol. The first-order valence-corrected chi connectivity index (χ1v) is 9.30. The van der Waals surface area contributed by atoms with Crippen LogP contribution in [-0.4, -0.2) is 37.2 Å². The topological polar surface area (TPSA) is 91.7 Å². The van der Waals surface area contributed by atoms with E-state index in [4.69, 9.17) is 9.47 Å². The molecule has 2 heterocycles. The highest BCUT2D eigenvalue weighted by molar-refractivity contribution is 7.16. The van der Waals surface area contributed by atoms with Crippen molar-refractivity contribution >= 4 is 28.3 Å². The molecule has 27 heavy (non-hydrogen) atoms. The number of carbonyl (C=O) groups is 2. The Morgan fingerprint density at radius 2 is 2.22 bits per heavy atom. The van der Waals surface area contributed by atoms with Crippen LogP contribution in [0.3, 0.4) is 0 Å². The third kappa shape index (κ3) is 3.88. The first-order chi connectivity index (χ1) is 13.1. The summed E-state index contributed by atoms with van der Waals surface area (Å²) in [5, 5.41) is 12.9. The van der Waals surface area contributed by atoms with Crippen molar-refractivity contribution in [2.45, 2.75) is 19.9 Å². The van der Waals surface area contributed by atoms with Gasteiger partial charge in [0, 0.05) is 17.0 Å². The number of nitriles is 1. The van der Waals surface area contributed by atoms with Crippen molar-refractivity contribution in [2.24, 2.45) is 0 Å². The van der Waals surface area contributed by atoms with E-state index in [1.165, 1.54) is 18.4 Å². The maximum absolute atomic E-state index is 12.6. The molecule has 1 N–H and O–H groups in total. The first kappa shape index (κ1) is 18.7. The Morgan fingerprint density at radius 3 is 2.93 bits per heavy atom. The van der Waals surface area contributed by atoms with Crippen molar-refractivity contribution in [1.29, 1.82) is 5.26 Å². The van der Waals surface area contributed by atoms with Crippen LogP contribution >= 0.6 is 11.3 Å². The van der Waals surface area contributed by atoms with Gasteiger partial charge in [-0.1, -0.05) is 6.07 Å².